The number of hydrogen-bond donors (Lipinski definition) is 0. The lowest BCUT2D eigenvalue weighted by Gasteiger charge is -2.41. The van der Waals surface area contributed by atoms with Gasteiger partial charge in [-0.2, -0.15) is 5.26 Å². The Morgan fingerprint density at radius 1 is 1.23 bits per heavy atom. The number of anilines is 1. The molecule has 0 spiro atoms. The van der Waals surface area contributed by atoms with E-state index >= 15 is 4.39 Å². The van der Waals surface area contributed by atoms with Gasteiger partial charge in [-0.1, -0.05) is 43.0 Å². The largest absolute Gasteiger partial charge is 0.352 e. The monoisotopic (exact) mass is 466 g/mol. The molecule has 1 fully saturated rings. The number of carbonyl (C=O) groups excluding carboxylic acids is 1. The van der Waals surface area contributed by atoms with Crippen molar-refractivity contribution < 1.29 is 9.18 Å². The van der Waals surface area contributed by atoms with E-state index < -0.39 is 5.82 Å². The Bertz CT molecular complexity index is 1510. The minimum atomic E-state index is -0.504. The van der Waals surface area contributed by atoms with Gasteiger partial charge in [0.1, 0.15) is 23.4 Å². The lowest BCUT2D eigenvalue weighted by molar-refractivity contribution is -0.128. The first-order valence-electron chi connectivity index (χ1n) is 11.4. The Morgan fingerprint density at radius 3 is 2.80 bits per heavy atom. The van der Waals surface area contributed by atoms with Crippen molar-refractivity contribution in [3.8, 4) is 17.3 Å². The summed E-state index contributed by atoms with van der Waals surface area (Å²) in [5.74, 6) is -0.174. The summed E-state index contributed by atoms with van der Waals surface area (Å²) in [5.41, 5.74) is 2.18. The molecule has 1 unspecified atom stereocenters. The number of rotatable bonds is 4. The molecule has 0 radical (unpaired) electrons. The van der Waals surface area contributed by atoms with Crippen LogP contribution in [-0.2, 0) is 4.79 Å². The van der Waals surface area contributed by atoms with Gasteiger partial charge in [-0.3, -0.25) is 9.78 Å². The van der Waals surface area contributed by atoms with E-state index in [9.17, 15) is 10.1 Å². The average Bonchev–Trinajstić information content (AvgIpc) is 2.88. The predicted molar refractivity (Wildman–Crippen MR) is 133 cm³/mol. The number of piperazine rings is 1. The molecule has 4 aromatic rings. The number of fused-ring (bicyclic) bond motifs is 2. The molecule has 174 valence electrons. The van der Waals surface area contributed by atoms with Gasteiger partial charge in [-0.05, 0) is 29.3 Å². The highest BCUT2D eigenvalue weighted by atomic mass is 19.1. The molecule has 3 heterocycles. The van der Waals surface area contributed by atoms with Gasteiger partial charge in [0.15, 0.2) is 5.82 Å². The zero-order chi connectivity index (χ0) is 24.5. The van der Waals surface area contributed by atoms with Crippen LogP contribution >= 0.6 is 0 Å². The van der Waals surface area contributed by atoms with E-state index in [1.165, 1.54) is 12.4 Å². The molecule has 1 saturated heterocycles. The molecule has 7 nitrogen and oxygen atoms in total. The van der Waals surface area contributed by atoms with Crippen LogP contribution in [0, 0.1) is 24.1 Å². The maximum Gasteiger partial charge on any atom is 0.246 e. The molecule has 2 aromatic carbocycles. The second-order valence-corrected chi connectivity index (χ2v) is 8.56. The number of aromatic nitrogens is 3. The van der Waals surface area contributed by atoms with Crippen molar-refractivity contribution in [2.24, 2.45) is 0 Å². The number of nitriles is 1. The lowest BCUT2D eigenvalue weighted by Crippen LogP contribution is -2.55. The third-order valence-corrected chi connectivity index (χ3v) is 6.54. The van der Waals surface area contributed by atoms with Crippen molar-refractivity contribution in [3.05, 3.63) is 73.0 Å². The summed E-state index contributed by atoms with van der Waals surface area (Å²) in [6.07, 6.45) is 4.40. The summed E-state index contributed by atoms with van der Waals surface area (Å²) in [6, 6.07) is 13.6. The molecule has 0 aliphatic carbocycles. The van der Waals surface area contributed by atoms with E-state index in [-0.39, 0.29) is 29.6 Å². The van der Waals surface area contributed by atoms with Crippen molar-refractivity contribution >= 4 is 33.4 Å². The number of hydrogen-bond acceptors (Lipinski definition) is 6. The molecular formula is C27H23FN6O. The summed E-state index contributed by atoms with van der Waals surface area (Å²) >= 11 is 0. The summed E-state index contributed by atoms with van der Waals surface area (Å²) in [5, 5.41) is 11.7. The first-order valence-corrected chi connectivity index (χ1v) is 11.4. The summed E-state index contributed by atoms with van der Waals surface area (Å²) < 4.78 is 15.9. The van der Waals surface area contributed by atoms with Crippen LogP contribution in [0.1, 0.15) is 12.0 Å². The number of nitrogens with zero attached hydrogens (tertiary/aromatic N) is 6. The van der Waals surface area contributed by atoms with Gasteiger partial charge in [0, 0.05) is 31.4 Å². The third-order valence-electron chi connectivity index (χ3n) is 6.54. The standard InChI is InChI=1S/C27H23FN6O/c1-3-22(35)34-13-12-33(15-19(34)10-11-29)27-21-14-30-25(24(28)26(21)31-16-32-27)20-9-5-8-18-7-4-6-17(2)23(18)20/h3-9,14,16,19H,1,10,12-13,15H2,2H3. The molecule has 1 atom stereocenters. The third kappa shape index (κ3) is 3.85. The maximum atomic E-state index is 15.9. The fraction of sp³-hybridized carbons (Fsp3) is 0.222. The topological polar surface area (TPSA) is 86.0 Å². The fourth-order valence-electron chi connectivity index (χ4n) is 4.88. The molecule has 2 aromatic heterocycles. The number of benzene rings is 2. The quantitative estimate of drug-likeness (QED) is 0.414. The van der Waals surface area contributed by atoms with Gasteiger partial charge < -0.3 is 9.80 Å². The van der Waals surface area contributed by atoms with Crippen LogP contribution in [0.4, 0.5) is 10.2 Å². The SMILES string of the molecule is C=CC(=O)N1CCN(c2ncnc3c(F)c(-c4cccc5cccc(C)c45)ncc23)CC1CC#N. The summed E-state index contributed by atoms with van der Waals surface area (Å²) in [6.45, 7) is 6.85. The Hall–Kier alpha value is -4.38. The van der Waals surface area contributed by atoms with Crippen LogP contribution in [0.2, 0.25) is 0 Å². The minimum absolute atomic E-state index is 0.177. The van der Waals surface area contributed by atoms with Gasteiger partial charge in [-0.15, -0.1) is 0 Å². The van der Waals surface area contributed by atoms with E-state index in [0.717, 1.165) is 16.3 Å². The number of aryl methyl sites for hydroxylation is 1. The Labute approximate surface area is 202 Å². The number of halogens is 1. The van der Waals surface area contributed by atoms with Crippen LogP contribution in [0.25, 0.3) is 32.9 Å². The molecule has 5 rings (SSSR count). The van der Waals surface area contributed by atoms with Crippen LogP contribution in [-0.4, -0.2) is 51.4 Å². The number of carbonyl (C=O) groups is 1. The molecular weight excluding hydrogens is 443 g/mol. The second-order valence-electron chi connectivity index (χ2n) is 8.56. The highest BCUT2D eigenvalue weighted by Crippen LogP contribution is 2.35. The Kier molecular flexibility index (Phi) is 5.83. The van der Waals surface area contributed by atoms with E-state index in [0.29, 0.717) is 36.4 Å². The maximum absolute atomic E-state index is 15.9. The zero-order valence-corrected chi connectivity index (χ0v) is 19.3. The van der Waals surface area contributed by atoms with Crippen LogP contribution in [0.15, 0.2) is 61.6 Å². The number of amides is 1. The predicted octanol–water partition coefficient (Wildman–Crippen LogP) is 4.41. The van der Waals surface area contributed by atoms with Crippen LogP contribution < -0.4 is 4.90 Å². The van der Waals surface area contributed by atoms with E-state index in [4.69, 9.17) is 0 Å². The van der Waals surface area contributed by atoms with Crippen molar-refractivity contribution in [2.45, 2.75) is 19.4 Å². The van der Waals surface area contributed by atoms with Crippen molar-refractivity contribution in [1.82, 2.24) is 19.9 Å². The molecule has 0 bridgehead atoms. The molecule has 8 heteroatoms. The summed E-state index contributed by atoms with van der Waals surface area (Å²) in [4.78, 5) is 29.0. The Morgan fingerprint density at radius 2 is 2.03 bits per heavy atom. The zero-order valence-electron chi connectivity index (χ0n) is 19.3. The molecule has 0 N–H and O–H groups in total. The van der Waals surface area contributed by atoms with Gasteiger partial charge >= 0.3 is 0 Å². The van der Waals surface area contributed by atoms with Crippen molar-refractivity contribution in [3.63, 3.8) is 0 Å². The highest BCUT2D eigenvalue weighted by molar-refractivity contribution is 6.00. The van der Waals surface area contributed by atoms with E-state index in [2.05, 4.69) is 27.6 Å². The van der Waals surface area contributed by atoms with E-state index in [1.807, 2.05) is 48.2 Å². The molecule has 1 aliphatic rings. The molecule has 1 aliphatic heterocycles. The summed E-state index contributed by atoms with van der Waals surface area (Å²) in [7, 11) is 0. The van der Waals surface area contributed by atoms with Gasteiger partial charge in [0.2, 0.25) is 5.91 Å². The fourth-order valence-corrected chi connectivity index (χ4v) is 4.88. The van der Waals surface area contributed by atoms with Crippen molar-refractivity contribution in [1.29, 1.82) is 5.26 Å². The second kappa shape index (κ2) is 9.11. The molecule has 35 heavy (non-hydrogen) atoms. The highest BCUT2D eigenvalue weighted by Gasteiger charge is 2.31. The van der Waals surface area contributed by atoms with Gasteiger partial charge in [0.25, 0.3) is 0 Å². The minimum Gasteiger partial charge on any atom is -0.352 e. The molecule has 0 saturated carbocycles. The smallest absolute Gasteiger partial charge is 0.246 e. The Balaban J connectivity index is 1.58. The number of pyridine rings is 1. The lowest BCUT2D eigenvalue weighted by atomic mass is 9.97. The van der Waals surface area contributed by atoms with Crippen molar-refractivity contribution in [2.75, 3.05) is 24.5 Å². The molecule has 1 amide bonds. The van der Waals surface area contributed by atoms with E-state index in [1.54, 1.807) is 11.1 Å². The normalized spacial score (nSPS) is 15.9. The van der Waals surface area contributed by atoms with Crippen LogP contribution in [0.3, 0.4) is 0 Å². The van der Waals surface area contributed by atoms with Gasteiger partial charge in [0.05, 0.1) is 23.9 Å². The first-order chi connectivity index (χ1) is 17.0. The average molecular weight is 467 g/mol. The van der Waals surface area contributed by atoms with Gasteiger partial charge in [-0.25, -0.2) is 14.4 Å². The van der Waals surface area contributed by atoms with Crippen LogP contribution in [0.5, 0.6) is 0 Å². The first kappa shape index (κ1) is 22.4.